The van der Waals surface area contributed by atoms with Crippen LogP contribution in [0.5, 0.6) is 0 Å². The van der Waals surface area contributed by atoms with Crippen molar-refractivity contribution in [3.05, 3.63) is 11.6 Å². The number of carbonyl (C=O) groups is 1. The van der Waals surface area contributed by atoms with E-state index in [-0.39, 0.29) is 5.97 Å². The third-order valence-electron chi connectivity index (χ3n) is 5.99. The maximum absolute atomic E-state index is 11.9. The van der Waals surface area contributed by atoms with Crippen LogP contribution in [-0.4, -0.2) is 47.2 Å². The van der Waals surface area contributed by atoms with Gasteiger partial charge in [0.25, 0.3) is 0 Å². The summed E-state index contributed by atoms with van der Waals surface area (Å²) in [5.41, 5.74) is 0.818. The van der Waals surface area contributed by atoms with Crippen molar-refractivity contribution < 1.29 is 9.53 Å². The zero-order valence-electron chi connectivity index (χ0n) is 13.1. The van der Waals surface area contributed by atoms with Crippen molar-refractivity contribution in [3.63, 3.8) is 0 Å². The van der Waals surface area contributed by atoms with E-state index in [9.17, 15) is 4.79 Å². The molecular formula is C17H26N2O2. The first-order valence-electron chi connectivity index (χ1n) is 8.54. The SMILES string of the molecule is C[C@H]1C(NC2CC2)CC2=CC(=O)O[C@]2(C)C2CCCCN21. The molecule has 4 nitrogen and oxygen atoms in total. The number of fused-ring (bicyclic) bond motifs is 3. The molecule has 2 unspecified atom stereocenters. The highest BCUT2D eigenvalue weighted by atomic mass is 16.6. The molecule has 0 amide bonds. The van der Waals surface area contributed by atoms with Crippen LogP contribution in [0.2, 0.25) is 0 Å². The molecule has 4 aliphatic rings. The molecule has 21 heavy (non-hydrogen) atoms. The van der Waals surface area contributed by atoms with Crippen LogP contribution in [0, 0.1) is 0 Å². The normalized spacial score (nSPS) is 43.6. The van der Waals surface area contributed by atoms with Crippen LogP contribution in [0.25, 0.3) is 0 Å². The molecule has 3 aliphatic heterocycles. The topological polar surface area (TPSA) is 41.6 Å². The van der Waals surface area contributed by atoms with E-state index in [1.807, 2.05) is 0 Å². The van der Waals surface area contributed by atoms with Crippen molar-refractivity contribution in [3.8, 4) is 0 Å². The summed E-state index contributed by atoms with van der Waals surface area (Å²) in [5, 5.41) is 3.81. The smallest absolute Gasteiger partial charge is 0.331 e. The van der Waals surface area contributed by atoms with Gasteiger partial charge in [0.2, 0.25) is 0 Å². The van der Waals surface area contributed by atoms with Crippen LogP contribution in [0.3, 0.4) is 0 Å². The standard InChI is InChI=1S/C17H26N2O2/c1-11-14(18-13-6-7-13)9-12-10-16(20)21-17(12,2)15-5-3-4-8-19(11)15/h10-11,13-15,18H,3-9H2,1-2H3/t11-,14?,15?,17-/m0/s1. The van der Waals surface area contributed by atoms with Crippen LogP contribution < -0.4 is 5.32 Å². The Morgan fingerprint density at radius 2 is 2.14 bits per heavy atom. The molecule has 0 aromatic heterocycles. The van der Waals surface area contributed by atoms with Gasteiger partial charge in [-0.05, 0) is 58.1 Å². The van der Waals surface area contributed by atoms with Crippen molar-refractivity contribution in [1.82, 2.24) is 10.2 Å². The average Bonchev–Trinajstić information content (AvgIpc) is 3.23. The van der Waals surface area contributed by atoms with Crippen molar-refractivity contribution >= 4 is 5.97 Å². The molecule has 3 fully saturated rings. The number of ether oxygens (including phenoxy) is 1. The fourth-order valence-electron chi connectivity index (χ4n) is 4.56. The summed E-state index contributed by atoms with van der Waals surface area (Å²) in [5.74, 6) is -0.141. The summed E-state index contributed by atoms with van der Waals surface area (Å²) < 4.78 is 5.82. The van der Waals surface area contributed by atoms with E-state index in [2.05, 4.69) is 24.1 Å². The maximum Gasteiger partial charge on any atom is 0.331 e. The minimum atomic E-state index is -0.397. The van der Waals surface area contributed by atoms with Crippen LogP contribution in [0.15, 0.2) is 11.6 Å². The van der Waals surface area contributed by atoms with Crippen LogP contribution in [-0.2, 0) is 9.53 Å². The molecule has 0 bridgehead atoms. The Hall–Kier alpha value is -0.870. The maximum atomic E-state index is 11.9. The number of nitrogens with zero attached hydrogens (tertiary/aromatic N) is 1. The summed E-state index contributed by atoms with van der Waals surface area (Å²) in [6.07, 6.45) is 8.98. The van der Waals surface area contributed by atoms with Gasteiger partial charge in [0.1, 0.15) is 5.60 Å². The molecule has 4 rings (SSSR count). The first-order valence-corrected chi connectivity index (χ1v) is 8.54. The molecule has 1 aliphatic carbocycles. The highest BCUT2D eigenvalue weighted by Crippen LogP contribution is 2.44. The highest BCUT2D eigenvalue weighted by Gasteiger charge is 2.53. The highest BCUT2D eigenvalue weighted by molar-refractivity contribution is 5.87. The lowest BCUT2D eigenvalue weighted by molar-refractivity contribution is -0.151. The first kappa shape index (κ1) is 13.8. The van der Waals surface area contributed by atoms with E-state index in [1.165, 1.54) is 31.3 Å². The molecule has 0 aromatic rings. The fourth-order valence-corrected chi connectivity index (χ4v) is 4.56. The molecule has 0 radical (unpaired) electrons. The van der Waals surface area contributed by atoms with Crippen LogP contribution >= 0.6 is 0 Å². The average molecular weight is 290 g/mol. The zero-order valence-corrected chi connectivity index (χ0v) is 13.1. The summed E-state index contributed by atoms with van der Waals surface area (Å²) in [6.45, 7) is 5.62. The second-order valence-electron chi connectivity index (χ2n) is 7.44. The van der Waals surface area contributed by atoms with E-state index in [4.69, 9.17) is 4.74 Å². The summed E-state index contributed by atoms with van der Waals surface area (Å²) in [4.78, 5) is 14.5. The minimum Gasteiger partial charge on any atom is -0.450 e. The number of piperidine rings is 1. The summed E-state index contributed by atoms with van der Waals surface area (Å²) in [6, 6.07) is 2.01. The summed E-state index contributed by atoms with van der Waals surface area (Å²) >= 11 is 0. The Balaban J connectivity index is 1.69. The van der Waals surface area contributed by atoms with Gasteiger partial charge < -0.3 is 10.1 Å². The van der Waals surface area contributed by atoms with Gasteiger partial charge in [-0.1, -0.05) is 6.42 Å². The molecule has 0 spiro atoms. The number of esters is 1. The quantitative estimate of drug-likeness (QED) is 0.790. The van der Waals surface area contributed by atoms with Crippen LogP contribution in [0.1, 0.15) is 52.4 Å². The van der Waals surface area contributed by atoms with Gasteiger partial charge >= 0.3 is 5.97 Å². The van der Waals surface area contributed by atoms with Gasteiger partial charge in [-0.2, -0.15) is 0 Å². The van der Waals surface area contributed by atoms with Crippen molar-refractivity contribution in [2.24, 2.45) is 0 Å². The Bertz CT molecular complexity index is 485. The predicted molar refractivity (Wildman–Crippen MR) is 80.9 cm³/mol. The monoisotopic (exact) mass is 290 g/mol. The molecule has 4 atom stereocenters. The number of nitrogens with one attached hydrogen (secondary N) is 1. The van der Waals surface area contributed by atoms with Gasteiger partial charge in [0.05, 0.1) is 6.04 Å². The first-order chi connectivity index (χ1) is 10.1. The van der Waals surface area contributed by atoms with E-state index in [0.29, 0.717) is 24.2 Å². The lowest BCUT2D eigenvalue weighted by atomic mass is 9.82. The molecule has 4 heteroatoms. The molecule has 0 aromatic carbocycles. The molecular weight excluding hydrogens is 264 g/mol. The lowest BCUT2D eigenvalue weighted by Gasteiger charge is -2.46. The molecule has 2 saturated heterocycles. The van der Waals surface area contributed by atoms with E-state index < -0.39 is 5.60 Å². The number of rotatable bonds is 2. The number of hydrogen-bond acceptors (Lipinski definition) is 4. The number of hydrogen-bond donors (Lipinski definition) is 1. The lowest BCUT2D eigenvalue weighted by Crippen LogP contribution is -2.58. The fraction of sp³-hybridized carbons (Fsp3) is 0.824. The predicted octanol–water partition coefficient (Wildman–Crippen LogP) is 2.00. The molecule has 3 heterocycles. The Morgan fingerprint density at radius 1 is 1.33 bits per heavy atom. The third-order valence-corrected chi connectivity index (χ3v) is 5.99. The van der Waals surface area contributed by atoms with Gasteiger partial charge in [-0.15, -0.1) is 0 Å². The van der Waals surface area contributed by atoms with E-state index in [0.717, 1.165) is 19.4 Å². The van der Waals surface area contributed by atoms with E-state index >= 15 is 0 Å². The van der Waals surface area contributed by atoms with Gasteiger partial charge in [0, 0.05) is 24.2 Å². The second-order valence-corrected chi connectivity index (χ2v) is 7.44. The second kappa shape index (κ2) is 4.82. The molecule has 1 N–H and O–H groups in total. The number of carbonyl (C=O) groups excluding carboxylic acids is 1. The van der Waals surface area contributed by atoms with E-state index in [1.54, 1.807) is 6.08 Å². The van der Waals surface area contributed by atoms with Crippen LogP contribution in [0.4, 0.5) is 0 Å². The Morgan fingerprint density at radius 3 is 2.90 bits per heavy atom. The third kappa shape index (κ3) is 2.23. The molecule has 116 valence electrons. The van der Waals surface area contributed by atoms with Crippen molar-refractivity contribution in [1.29, 1.82) is 0 Å². The zero-order chi connectivity index (χ0) is 14.6. The minimum absolute atomic E-state index is 0.141. The largest absolute Gasteiger partial charge is 0.450 e. The van der Waals surface area contributed by atoms with Gasteiger partial charge in [-0.25, -0.2) is 4.79 Å². The van der Waals surface area contributed by atoms with Gasteiger partial charge in [0.15, 0.2) is 0 Å². The summed E-state index contributed by atoms with van der Waals surface area (Å²) in [7, 11) is 0. The van der Waals surface area contributed by atoms with Crippen molar-refractivity contribution in [2.45, 2.75) is 82.1 Å². The molecule has 1 saturated carbocycles. The Kier molecular flexibility index (Phi) is 3.16. The van der Waals surface area contributed by atoms with Crippen molar-refractivity contribution in [2.75, 3.05) is 6.54 Å². The van der Waals surface area contributed by atoms with Gasteiger partial charge in [-0.3, -0.25) is 4.90 Å². The Labute approximate surface area is 126 Å².